The highest BCUT2D eigenvalue weighted by atomic mass is 16.6. The van der Waals surface area contributed by atoms with Crippen LogP contribution in [0.25, 0.3) is 0 Å². The standard InChI is InChI=1S/C19H28O6/c1-2-3-11-22-12-13-23-14-15-24-18(20)9-10-19(21)25-16-17-7-5-4-6-8-17/h4-8H,2-3,9-16H2,1H3. The number of hydrogen-bond donors (Lipinski definition) is 0. The number of rotatable bonds is 14. The molecule has 0 saturated carbocycles. The first-order valence-corrected chi connectivity index (χ1v) is 8.73. The SMILES string of the molecule is CCCCOCCOCCOC(=O)CCC(=O)OCc1ccccc1. The van der Waals surface area contributed by atoms with E-state index in [1.54, 1.807) is 0 Å². The van der Waals surface area contributed by atoms with E-state index in [-0.39, 0.29) is 26.1 Å². The third-order valence-corrected chi connectivity index (χ3v) is 3.28. The number of benzene rings is 1. The number of esters is 2. The molecule has 6 heteroatoms. The Morgan fingerprint density at radius 3 is 2.08 bits per heavy atom. The lowest BCUT2D eigenvalue weighted by Crippen LogP contribution is -2.14. The highest BCUT2D eigenvalue weighted by Crippen LogP contribution is 2.03. The second kappa shape index (κ2) is 14.4. The van der Waals surface area contributed by atoms with Crippen LogP contribution in [0.3, 0.4) is 0 Å². The summed E-state index contributed by atoms with van der Waals surface area (Å²) < 4.78 is 20.7. The van der Waals surface area contributed by atoms with E-state index in [1.807, 2.05) is 30.3 Å². The summed E-state index contributed by atoms with van der Waals surface area (Å²) in [5.74, 6) is -0.847. The first-order valence-electron chi connectivity index (χ1n) is 8.73. The normalized spacial score (nSPS) is 10.4. The van der Waals surface area contributed by atoms with Gasteiger partial charge in [0, 0.05) is 6.61 Å². The van der Waals surface area contributed by atoms with Gasteiger partial charge in [-0.05, 0) is 12.0 Å². The van der Waals surface area contributed by atoms with Gasteiger partial charge >= 0.3 is 11.9 Å². The van der Waals surface area contributed by atoms with Gasteiger partial charge in [0.25, 0.3) is 0 Å². The predicted octanol–water partition coefficient (Wildman–Crippen LogP) is 2.89. The number of carbonyl (C=O) groups excluding carboxylic acids is 2. The summed E-state index contributed by atoms with van der Waals surface area (Å²) in [6.45, 7) is 4.58. The third kappa shape index (κ3) is 12.1. The van der Waals surface area contributed by atoms with Gasteiger partial charge in [-0.3, -0.25) is 9.59 Å². The molecule has 0 spiro atoms. The maximum atomic E-state index is 11.6. The summed E-state index contributed by atoms with van der Waals surface area (Å²) in [6.07, 6.45) is 2.17. The van der Waals surface area contributed by atoms with Crippen LogP contribution in [0.2, 0.25) is 0 Å². The molecule has 0 bridgehead atoms. The minimum atomic E-state index is -0.431. The van der Waals surface area contributed by atoms with Crippen molar-refractivity contribution in [2.24, 2.45) is 0 Å². The van der Waals surface area contributed by atoms with Gasteiger partial charge in [0.1, 0.15) is 13.2 Å². The molecule has 0 aliphatic heterocycles. The maximum absolute atomic E-state index is 11.6. The topological polar surface area (TPSA) is 71.1 Å². The molecule has 1 aromatic rings. The number of carbonyl (C=O) groups is 2. The van der Waals surface area contributed by atoms with E-state index < -0.39 is 11.9 Å². The van der Waals surface area contributed by atoms with Crippen molar-refractivity contribution in [1.82, 2.24) is 0 Å². The summed E-state index contributed by atoms with van der Waals surface area (Å²) in [5.41, 5.74) is 0.911. The van der Waals surface area contributed by atoms with Crippen molar-refractivity contribution >= 4 is 11.9 Å². The van der Waals surface area contributed by atoms with Crippen LogP contribution in [0.4, 0.5) is 0 Å². The van der Waals surface area contributed by atoms with Gasteiger partial charge in [0.2, 0.25) is 0 Å². The van der Waals surface area contributed by atoms with Crippen LogP contribution in [0.15, 0.2) is 30.3 Å². The van der Waals surface area contributed by atoms with Crippen molar-refractivity contribution in [2.75, 3.05) is 33.0 Å². The number of ether oxygens (including phenoxy) is 4. The van der Waals surface area contributed by atoms with E-state index in [1.165, 1.54) is 0 Å². The molecule has 6 nitrogen and oxygen atoms in total. The van der Waals surface area contributed by atoms with E-state index in [4.69, 9.17) is 18.9 Å². The van der Waals surface area contributed by atoms with Gasteiger partial charge < -0.3 is 18.9 Å². The summed E-state index contributed by atoms with van der Waals surface area (Å²) >= 11 is 0. The van der Waals surface area contributed by atoms with Gasteiger partial charge in [0.15, 0.2) is 0 Å². The molecular formula is C19H28O6. The van der Waals surface area contributed by atoms with Crippen molar-refractivity contribution in [1.29, 1.82) is 0 Å². The largest absolute Gasteiger partial charge is 0.463 e. The molecule has 0 aliphatic rings. The van der Waals surface area contributed by atoms with Crippen molar-refractivity contribution < 1.29 is 28.5 Å². The van der Waals surface area contributed by atoms with E-state index >= 15 is 0 Å². The summed E-state index contributed by atoms with van der Waals surface area (Å²) in [5, 5.41) is 0. The fourth-order valence-corrected chi connectivity index (χ4v) is 1.87. The van der Waals surface area contributed by atoms with Crippen molar-refractivity contribution in [3.05, 3.63) is 35.9 Å². The van der Waals surface area contributed by atoms with Gasteiger partial charge in [0.05, 0.1) is 32.7 Å². The Balaban J connectivity index is 1.93. The molecule has 0 atom stereocenters. The molecule has 0 aliphatic carbocycles. The molecule has 0 N–H and O–H groups in total. The molecule has 0 aromatic heterocycles. The van der Waals surface area contributed by atoms with Crippen LogP contribution in [0.1, 0.15) is 38.2 Å². The van der Waals surface area contributed by atoms with Crippen molar-refractivity contribution in [3.8, 4) is 0 Å². The van der Waals surface area contributed by atoms with Gasteiger partial charge in [-0.2, -0.15) is 0 Å². The van der Waals surface area contributed by atoms with Crippen molar-refractivity contribution in [3.63, 3.8) is 0 Å². The van der Waals surface area contributed by atoms with E-state index in [0.29, 0.717) is 19.8 Å². The highest BCUT2D eigenvalue weighted by molar-refractivity contribution is 5.77. The van der Waals surface area contributed by atoms with Crippen LogP contribution in [0.5, 0.6) is 0 Å². The third-order valence-electron chi connectivity index (χ3n) is 3.28. The minimum Gasteiger partial charge on any atom is -0.463 e. The zero-order valence-corrected chi connectivity index (χ0v) is 14.9. The van der Waals surface area contributed by atoms with Crippen LogP contribution < -0.4 is 0 Å². The van der Waals surface area contributed by atoms with Crippen LogP contribution in [0, 0.1) is 0 Å². The van der Waals surface area contributed by atoms with Gasteiger partial charge in [-0.15, -0.1) is 0 Å². The Kier molecular flexibility index (Phi) is 12.2. The number of hydrogen-bond acceptors (Lipinski definition) is 6. The van der Waals surface area contributed by atoms with Crippen LogP contribution in [-0.4, -0.2) is 45.0 Å². The lowest BCUT2D eigenvalue weighted by atomic mass is 10.2. The van der Waals surface area contributed by atoms with Gasteiger partial charge in [-0.1, -0.05) is 43.7 Å². The Morgan fingerprint density at radius 2 is 1.40 bits per heavy atom. The number of unbranched alkanes of at least 4 members (excludes halogenated alkanes) is 1. The van der Waals surface area contributed by atoms with E-state index in [9.17, 15) is 9.59 Å². The predicted molar refractivity (Wildman–Crippen MR) is 93.0 cm³/mol. The summed E-state index contributed by atoms with van der Waals surface area (Å²) in [7, 11) is 0. The van der Waals surface area contributed by atoms with E-state index in [0.717, 1.165) is 25.0 Å². The minimum absolute atomic E-state index is 0.00769. The average Bonchev–Trinajstić information content (AvgIpc) is 2.64. The highest BCUT2D eigenvalue weighted by Gasteiger charge is 2.09. The second-order valence-corrected chi connectivity index (χ2v) is 5.45. The monoisotopic (exact) mass is 352 g/mol. The van der Waals surface area contributed by atoms with Crippen LogP contribution >= 0.6 is 0 Å². The Bertz CT molecular complexity index is 474. The fraction of sp³-hybridized carbons (Fsp3) is 0.579. The van der Waals surface area contributed by atoms with Gasteiger partial charge in [-0.25, -0.2) is 0 Å². The molecule has 0 radical (unpaired) electrons. The molecule has 0 amide bonds. The molecular weight excluding hydrogens is 324 g/mol. The lowest BCUT2D eigenvalue weighted by molar-refractivity contribution is -0.151. The first-order chi connectivity index (χ1) is 12.2. The van der Waals surface area contributed by atoms with Crippen molar-refractivity contribution in [2.45, 2.75) is 39.2 Å². The first kappa shape index (κ1) is 21.1. The van der Waals surface area contributed by atoms with Crippen LogP contribution in [-0.2, 0) is 35.1 Å². The quantitative estimate of drug-likeness (QED) is 0.379. The molecule has 140 valence electrons. The smallest absolute Gasteiger partial charge is 0.306 e. The Morgan fingerprint density at radius 1 is 0.800 bits per heavy atom. The zero-order valence-electron chi connectivity index (χ0n) is 14.9. The summed E-state index contributed by atoms with van der Waals surface area (Å²) in [6, 6.07) is 9.39. The lowest BCUT2D eigenvalue weighted by Gasteiger charge is -2.07. The Hall–Kier alpha value is -1.92. The summed E-state index contributed by atoms with van der Waals surface area (Å²) in [4.78, 5) is 23.1. The average molecular weight is 352 g/mol. The molecule has 1 rings (SSSR count). The molecule has 25 heavy (non-hydrogen) atoms. The second-order valence-electron chi connectivity index (χ2n) is 5.45. The molecule has 0 unspecified atom stereocenters. The maximum Gasteiger partial charge on any atom is 0.306 e. The van der Waals surface area contributed by atoms with E-state index in [2.05, 4.69) is 6.92 Å². The molecule has 1 aromatic carbocycles. The Labute approximate surface area is 149 Å². The molecule has 0 fully saturated rings. The molecule has 0 heterocycles. The fourth-order valence-electron chi connectivity index (χ4n) is 1.87. The molecule has 0 saturated heterocycles. The zero-order chi connectivity index (χ0) is 18.2.